The summed E-state index contributed by atoms with van der Waals surface area (Å²) in [5, 5.41) is 16.5. The molecule has 2 aromatic carbocycles. The van der Waals surface area contributed by atoms with Crippen LogP contribution < -0.4 is 4.74 Å². The molecule has 0 saturated carbocycles. The van der Waals surface area contributed by atoms with Crippen molar-refractivity contribution in [3.05, 3.63) is 71.8 Å². The van der Waals surface area contributed by atoms with E-state index in [9.17, 15) is 8.78 Å². The smallest absolute Gasteiger partial charge is 0.239 e. The lowest BCUT2D eigenvalue weighted by molar-refractivity contribution is 0.422. The van der Waals surface area contributed by atoms with Crippen LogP contribution in [-0.4, -0.2) is 10.2 Å². The van der Waals surface area contributed by atoms with Crippen molar-refractivity contribution >= 4 is 0 Å². The number of hydrogen-bond donors (Lipinski definition) is 0. The maximum absolute atomic E-state index is 13.7. The number of hydrogen-bond acceptors (Lipinski definition) is 4. The van der Waals surface area contributed by atoms with Gasteiger partial charge in [0.1, 0.15) is 5.82 Å². The molecule has 0 fully saturated rings. The van der Waals surface area contributed by atoms with Crippen molar-refractivity contribution < 1.29 is 13.5 Å². The molecule has 0 N–H and O–H groups in total. The summed E-state index contributed by atoms with van der Waals surface area (Å²) in [6.07, 6.45) is 0. The fraction of sp³-hybridized carbons (Fsp3) is 0. The summed E-state index contributed by atoms with van der Waals surface area (Å²) in [5.74, 6) is -0.932. The molecule has 3 aromatic rings. The van der Waals surface area contributed by atoms with E-state index in [-0.39, 0.29) is 23.0 Å². The van der Waals surface area contributed by atoms with Crippen LogP contribution in [0.1, 0.15) is 5.56 Å². The molecular formula is C17H9F2N3O. The molecule has 0 unspecified atom stereocenters. The Morgan fingerprint density at radius 1 is 0.913 bits per heavy atom. The fourth-order valence-corrected chi connectivity index (χ4v) is 1.91. The van der Waals surface area contributed by atoms with Crippen LogP contribution in [0.4, 0.5) is 8.78 Å². The summed E-state index contributed by atoms with van der Waals surface area (Å²) < 4.78 is 31.9. The van der Waals surface area contributed by atoms with Crippen LogP contribution in [0.3, 0.4) is 0 Å². The third-order valence-corrected chi connectivity index (χ3v) is 3.06. The lowest BCUT2D eigenvalue weighted by Crippen LogP contribution is -1.94. The molecule has 0 saturated heterocycles. The number of benzene rings is 2. The van der Waals surface area contributed by atoms with E-state index >= 15 is 0 Å². The van der Waals surface area contributed by atoms with Gasteiger partial charge in [-0.1, -0.05) is 0 Å². The summed E-state index contributed by atoms with van der Waals surface area (Å²) in [4.78, 5) is 0. The Morgan fingerprint density at radius 2 is 1.70 bits per heavy atom. The molecule has 0 aliphatic carbocycles. The normalized spacial score (nSPS) is 10.1. The van der Waals surface area contributed by atoms with Gasteiger partial charge in [-0.3, -0.25) is 0 Å². The Balaban J connectivity index is 1.80. The van der Waals surface area contributed by atoms with Crippen molar-refractivity contribution in [2.45, 2.75) is 0 Å². The first-order chi connectivity index (χ1) is 11.2. The van der Waals surface area contributed by atoms with Crippen molar-refractivity contribution in [2.24, 2.45) is 0 Å². The number of rotatable bonds is 3. The standard InChI is InChI=1S/C17H9F2N3O/c18-13-4-2-12(3-5-13)15-6-8-17(22-21-15)23-16-7-1-11(10-20)9-14(16)19/h1-9H. The van der Waals surface area contributed by atoms with Gasteiger partial charge in [-0.15, -0.1) is 10.2 Å². The van der Waals surface area contributed by atoms with Crippen LogP contribution in [-0.2, 0) is 0 Å². The summed E-state index contributed by atoms with van der Waals surface area (Å²) in [7, 11) is 0. The highest BCUT2D eigenvalue weighted by molar-refractivity contribution is 5.58. The van der Waals surface area contributed by atoms with Crippen LogP contribution in [0.2, 0.25) is 0 Å². The number of nitriles is 1. The molecule has 0 amide bonds. The van der Waals surface area contributed by atoms with Gasteiger partial charge in [-0.25, -0.2) is 8.78 Å². The van der Waals surface area contributed by atoms with Gasteiger partial charge in [0.15, 0.2) is 11.6 Å². The predicted molar refractivity (Wildman–Crippen MR) is 78.6 cm³/mol. The summed E-state index contributed by atoms with van der Waals surface area (Å²) in [5.41, 5.74) is 1.44. The first-order valence-electron chi connectivity index (χ1n) is 6.63. The van der Waals surface area contributed by atoms with Crippen molar-refractivity contribution in [1.82, 2.24) is 10.2 Å². The highest BCUT2D eigenvalue weighted by Gasteiger charge is 2.08. The molecular weight excluding hydrogens is 300 g/mol. The van der Waals surface area contributed by atoms with Gasteiger partial charge in [0.2, 0.25) is 5.88 Å². The Bertz CT molecular complexity index is 872. The van der Waals surface area contributed by atoms with Gasteiger partial charge >= 0.3 is 0 Å². The third kappa shape index (κ3) is 3.30. The maximum Gasteiger partial charge on any atom is 0.239 e. The molecule has 1 heterocycles. The van der Waals surface area contributed by atoms with Crippen molar-refractivity contribution in [1.29, 1.82) is 5.26 Å². The molecule has 6 heteroatoms. The van der Waals surface area contributed by atoms with E-state index in [4.69, 9.17) is 10.00 Å². The molecule has 0 spiro atoms. The van der Waals surface area contributed by atoms with Crippen LogP contribution >= 0.6 is 0 Å². The summed E-state index contributed by atoms with van der Waals surface area (Å²) >= 11 is 0. The fourth-order valence-electron chi connectivity index (χ4n) is 1.91. The van der Waals surface area contributed by atoms with Crippen LogP contribution in [0, 0.1) is 23.0 Å². The Morgan fingerprint density at radius 3 is 2.30 bits per heavy atom. The minimum atomic E-state index is -0.659. The topological polar surface area (TPSA) is 58.8 Å². The monoisotopic (exact) mass is 309 g/mol. The summed E-state index contributed by atoms with van der Waals surface area (Å²) in [6.45, 7) is 0. The Kier molecular flexibility index (Phi) is 3.93. The van der Waals surface area contributed by atoms with Crippen molar-refractivity contribution in [3.63, 3.8) is 0 Å². The first-order valence-corrected chi connectivity index (χ1v) is 6.63. The molecule has 3 rings (SSSR count). The van der Waals surface area contributed by atoms with Gasteiger partial charge in [-0.2, -0.15) is 5.26 Å². The number of halogens is 2. The summed E-state index contributed by atoms with van der Waals surface area (Å²) in [6, 6.07) is 14.7. The van der Waals surface area contributed by atoms with Crippen LogP contribution in [0.25, 0.3) is 11.3 Å². The van der Waals surface area contributed by atoms with E-state index in [1.165, 1.54) is 30.3 Å². The van der Waals surface area contributed by atoms with Gasteiger partial charge in [0.25, 0.3) is 0 Å². The molecule has 23 heavy (non-hydrogen) atoms. The minimum absolute atomic E-state index is 0.0483. The molecule has 4 nitrogen and oxygen atoms in total. The van der Waals surface area contributed by atoms with E-state index < -0.39 is 5.82 Å². The maximum atomic E-state index is 13.7. The van der Waals surface area contributed by atoms with E-state index in [1.807, 2.05) is 6.07 Å². The van der Waals surface area contributed by atoms with E-state index in [2.05, 4.69) is 10.2 Å². The Hall–Kier alpha value is -3.33. The third-order valence-electron chi connectivity index (χ3n) is 3.06. The van der Waals surface area contributed by atoms with Gasteiger partial charge < -0.3 is 4.74 Å². The first kappa shape index (κ1) is 14.6. The molecule has 0 aliphatic rings. The van der Waals surface area contributed by atoms with Crippen LogP contribution in [0.15, 0.2) is 54.6 Å². The average Bonchev–Trinajstić information content (AvgIpc) is 2.58. The highest BCUT2D eigenvalue weighted by Crippen LogP contribution is 2.24. The zero-order valence-electron chi connectivity index (χ0n) is 11.7. The number of nitrogens with zero attached hydrogens (tertiary/aromatic N) is 3. The molecule has 0 bridgehead atoms. The number of ether oxygens (including phenoxy) is 1. The van der Waals surface area contributed by atoms with E-state index in [0.717, 1.165) is 6.07 Å². The second-order valence-corrected chi connectivity index (χ2v) is 4.62. The van der Waals surface area contributed by atoms with Gasteiger partial charge in [0, 0.05) is 11.6 Å². The lowest BCUT2D eigenvalue weighted by Gasteiger charge is -2.06. The van der Waals surface area contributed by atoms with Gasteiger partial charge in [-0.05, 0) is 48.5 Å². The van der Waals surface area contributed by atoms with E-state index in [0.29, 0.717) is 11.3 Å². The molecule has 0 radical (unpaired) electrons. The average molecular weight is 309 g/mol. The molecule has 0 atom stereocenters. The minimum Gasteiger partial charge on any atom is -0.434 e. The SMILES string of the molecule is N#Cc1ccc(Oc2ccc(-c3ccc(F)cc3)nn2)c(F)c1. The number of aromatic nitrogens is 2. The second kappa shape index (κ2) is 6.20. The zero-order chi connectivity index (χ0) is 16.2. The van der Waals surface area contributed by atoms with Crippen molar-refractivity contribution in [2.75, 3.05) is 0 Å². The van der Waals surface area contributed by atoms with Gasteiger partial charge in [0.05, 0.1) is 17.3 Å². The predicted octanol–water partition coefficient (Wildman–Crippen LogP) is 4.09. The van der Waals surface area contributed by atoms with Crippen LogP contribution in [0.5, 0.6) is 11.6 Å². The quantitative estimate of drug-likeness (QED) is 0.731. The van der Waals surface area contributed by atoms with E-state index in [1.54, 1.807) is 18.2 Å². The van der Waals surface area contributed by atoms with Crippen molar-refractivity contribution in [3.8, 4) is 29.0 Å². The second-order valence-electron chi connectivity index (χ2n) is 4.62. The Labute approximate surface area is 130 Å². The zero-order valence-corrected chi connectivity index (χ0v) is 11.7. The lowest BCUT2D eigenvalue weighted by atomic mass is 10.1. The molecule has 112 valence electrons. The molecule has 0 aliphatic heterocycles. The largest absolute Gasteiger partial charge is 0.434 e. The highest BCUT2D eigenvalue weighted by atomic mass is 19.1. The molecule has 1 aromatic heterocycles.